The highest BCUT2D eigenvalue weighted by molar-refractivity contribution is 6.39. The average Bonchev–Trinajstić information content (AvgIpc) is 3.01. The molecule has 1 fully saturated rings. The van der Waals surface area contributed by atoms with E-state index in [-0.39, 0.29) is 5.69 Å². The maximum Gasteiger partial charge on any atom is 0.272 e. The maximum absolute atomic E-state index is 10.8. The quantitative estimate of drug-likeness (QED) is 0.632. The highest BCUT2D eigenvalue weighted by Crippen LogP contribution is 2.39. The molecule has 1 aliphatic rings. The Hall–Kier alpha value is -1.86. The Labute approximate surface area is 136 Å². The lowest BCUT2D eigenvalue weighted by molar-refractivity contribution is -0.384. The van der Waals surface area contributed by atoms with E-state index >= 15 is 0 Å². The Balaban J connectivity index is 1.77. The summed E-state index contributed by atoms with van der Waals surface area (Å²) in [6, 6.07) is 2.98. The number of benzene rings is 1. The molecule has 22 heavy (non-hydrogen) atoms. The number of hydrogen-bond acceptors (Lipinski definition) is 5. The molecule has 0 unspecified atom stereocenters. The summed E-state index contributed by atoms with van der Waals surface area (Å²) in [7, 11) is 0. The molecule has 0 bridgehead atoms. The summed E-state index contributed by atoms with van der Waals surface area (Å²) in [5, 5.41) is 15.6. The summed E-state index contributed by atoms with van der Waals surface area (Å²) in [5.74, 6) is 0. The molecule has 0 N–H and O–H groups in total. The third kappa shape index (κ3) is 2.86. The number of rotatable bonds is 3. The Morgan fingerprint density at radius 3 is 2.36 bits per heavy atom. The standard InChI is InChI=1S/C13H13Cl2N5O2/c14-11-5-10(20(21)22)6-12(15)13(11)18-3-1-9(2-4-18)19-8-16-7-17-19/h5-9H,1-4H2. The summed E-state index contributed by atoms with van der Waals surface area (Å²) in [5.41, 5.74) is 0.558. The highest BCUT2D eigenvalue weighted by Gasteiger charge is 2.25. The molecular weight excluding hydrogens is 329 g/mol. The fourth-order valence-corrected chi connectivity index (χ4v) is 3.43. The van der Waals surface area contributed by atoms with Gasteiger partial charge in [-0.2, -0.15) is 5.10 Å². The van der Waals surface area contributed by atoms with Crippen LogP contribution in [0.1, 0.15) is 18.9 Å². The van der Waals surface area contributed by atoms with Crippen molar-refractivity contribution in [1.82, 2.24) is 14.8 Å². The van der Waals surface area contributed by atoms with Crippen LogP contribution in [0.25, 0.3) is 0 Å². The third-order valence-corrected chi connectivity index (χ3v) is 4.38. The zero-order valence-electron chi connectivity index (χ0n) is 11.5. The van der Waals surface area contributed by atoms with E-state index in [1.807, 2.05) is 4.68 Å². The van der Waals surface area contributed by atoms with Crippen molar-refractivity contribution >= 4 is 34.6 Å². The monoisotopic (exact) mass is 341 g/mol. The van der Waals surface area contributed by atoms with Crippen molar-refractivity contribution in [3.8, 4) is 0 Å². The van der Waals surface area contributed by atoms with Crippen molar-refractivity contribution in [1.29, 1.82) is 0 Å². The maximum atomic E-state index is 10.8. The summed E-state index contributed by atoms with van der Waals surface area (Å²) in [4.78, 5) is 16.3. The fourth-order valence-electron chi connectivity index (χ4n) is 2.72. The van der Waals surface area contributed by atoms with E-state index in [1.54, 1.807) is 6.33 Å². The van der Waals surface area contributed by atoms with Crippen molar-refractivity contribution < 1.29 is 4.92 Å². The molecule has 1 aromatic heterocycles. The van der Waals surface area contributed by atoms with Gasteiger partial charge >= 0.3 is 0 Å². The van der Waals surface area contributed by atoms with E-state index in [9.17, 15) is 10.1 Å². The molecule has 0 atom stereocenters. The predicted octanol–water partition coefficient (Wildman–Crippen LogP) is 3.33. The second kappa shape index (κ2) is 6.10. The van der Waals surface area contributed by atoms with E-state index < -0.39 is 4.92 Å². The van der Waals surface area contributed by atoms with Crippen LogP contribution >= 0.6 is 23.2 Å². The van der Waals surface area contributed by atoms with Gasteiger partial charge in [0.15, 0.2) is 0 Å². The van der Waals surface area contributed by atoms with Gasteiger partial charge < -0.3 is 4.90 Å². The van der Waals surface area contributed by atoms with Crippen molar-refractivity contribution in [2.75, 3.05) is 18.0 Å². The molecule has 2 heterocycles. The van der Waals surface area contributed by atoms with Crippen molar-refractivity contribution in [2.24, 2.45) is 0 Å². The summed E-state index contributed by atoms with van der Waals surface area (Å²) >= 11 is 12.4. The van der Waals surface area contributed by atoms with Crippen LogP contribution in [0.4, 0.5) is 11.4 Å². The van der Waals surface area contributed by atoms with Gasteiger partial charge in [-0.15, -0.1) is 0 Å². The number of piperidine rings is 1. The molecule has 116 valence electrons. The number of hydrogen-bond donors (Lipinski definition) is 0. The van der Waals surface area contributed by atoms with Gasteiger partial charge in [-0.3, -0.25) is 10.1 Å². The van der Waals surface area contributed by atoms with Gasteiger partial charge in [0, 0.05) is 25.2 Å². The minimum Gasteiger partial charge on any atom is -0.369 e. The van der Waals surface area contributed by atoms with Crippen molar-refractivity contribution in [3.63, 3.8) is 0 Å². The number of nitro benzene ring substituents is 1. The van der Waals surface area contributed by atoms with Gasteiger partial charge in [-0.25, -0.2) is 9.67 Å². The molecule has 9 heteroatoms. The zero-order valence-corrected chi connectivity index (χ0v) is 13.0. The normalized spacial score (nSPS) is 16.0. The van der Waals surface area contributed by atoms with Crippen LogP contribution < -0.4 is 4.90 Å². The van der Waals surface area contributed by atoms with Crippen LogP contribution in [0.3, 0.4) is 0 Å². The van der Waals surface area contributed by atoms with Crippen LogP contribution in [0, 0.1) is 10.1 Å². The molecule has 0 amide bonds. The van der Waals surface area contributed by atoms with Crippen LogP contribution in [0.15, 0.2) is 24.8 Å². The Kier molecular flexibility index (Phi) is 4.17. The number of nitrogens with zero attached hydrogens (tertiary/aromatic N) is 5. The smallest absolute Gasteiger partial charge is 0.272 e. The van der Waals surface area contributed by atoms with Gasteiger partial charge in [-0.1, -0.05) is 23.2 Å². The first-order valence-corrected chi connectivity index (χ1v) is 7.54. The number of halogens is 2. The van der Waals surface area contributed by atoms with Crippen LogP contribution in [-0.2, 0) is 0 Å². The van der Waals surface area contributed by atoms with Gasteiger partial charge in [0.05, 0.1) is 26.7 Å². The summed E-state index contributed by atoms with van der Waals surface area (Å²) < 4.78 is 1.86. The molecule has 1 aliphatic heterocycles. The fraction of sp³-hybridized carbons (Fsp3) is 0.385. The van der Waals surface area contributed by atoms with Crippen molar-refractivity contribution in [3.05, 3.63) is 44.9 Å². The Bertz CT molecular complexity index is 661. The Morgan fingerprint density at radius 1 is 1.23 bits per heavy atom. The third-order valence-electron chi connectivity index (χ3n) is 3.80. The van der Waals surface area contributed by atoms with Crippen LogP contribution in [-0.4, -0.2) is 32.8 Å². The molecule has 1 saturated heterocycles. The summed E-state index contributed by atoms with van der Waals surface area (Å²) in [6.07, 6.45) is 5.00. The minimum atomic E-state index is -0.502. The zero-order chi connectivity index (χ0) is 15.7. The predicted molar refractivity (Wildman–Crippen MR) is 83.6 cm³/mol. The molecular formula is C13H13Cl2N5O2. The number of nitro groups is 1. The van der Waals surface area contributed by atoms with E-state index in [1.165, 1.54) is 18.5 Å². The largest absolute Gasteiger partial charge is 0.369 e. The first-order valence-electron chi connectivity index (χ1n) is 6.78. The van der Waals surface area contributed by atoms with Crippen LogP contribution in [0.2, 0.25) is 10.0 Å². The van der Waals surface area contributed by atoms with E-state index in [0.717, 1.165) is 25.9 Å². The molecule has 3 rings (SSSR count). The van der Waals surface area contributed by atoms with Gasteiger partial charge in [0.25, 0.3) is 5.69 Å². The lowest BCUT2D eigenvalue weighted by Gasteiger charge is -2.34. The molecule has 0 spiro atoms. The lowest BCUT2D eigenvalue weighted by atomic mass is 10.0. The van der Waals surface area contributed by atoms with Crippen LogP contribution in [0.5, 0.6) is 0 Å². The van der Waals surface area contributed by atoms with Gasteiger partial charge in [0.2, 0.25) is 0 Å². The number of non-ortho nitro benzene ring substituents is 1. The number of aromatic nitrogens is 3. The van der Waals surface area contributed by atoms with Crippen molar-refractivity contribution in [2.45, 2.75) is 18.9 Å². The van der Waals surface area contributed by atoms with Gasteiger partial charge in [0.1, 0.15) is 12.7 Å². The Morgan fingerprint density at radius 2 is 1.86 bits per heavy atom. The summed E-state index contributed by atoms with van der Waals surface area (Å²) in [6.45, 7) is 1.50. The average molecular weight is 342 g/mol. The second-order valence-electron chi connectivity index (χ2n) is 5.11. The van der Waals surface area contributed by atoms with E-state index in [0.29, 0.717) is 21.8 Å². The second-order valence-corrected chi connectivity index (χ2v) is 5.92. The molecule has 0 saturated carbocycles. The molecule has 1 aromatic carbocycles. The highest BCUT2D eigenvalue weighted by atomic mass is 35.5. The molecule has 0 radical (unpaired) electrons. The molecule has 0 aliphatic carbocycles. The first-order chi connectivity index (χ1) is 10.6. The topological polar surface area (TPSA) is 77.1 Å². The van der Waals surface area contributed by atoms with Gasteiger partial charge in [-0.05, 0) is 12.8 Å². The molecule has 7 nitrogen and oxygen atoms in total. The molecule has 2 aromatic rings. The minimum absolute atomic E-state index is 0.101. The number of anilines is 1. The lowest BCUT2D eigenvalue weighted by Crippen LogP contribution is -2.35. The first kappa shape index (κ1) is 15.1. The SMILES string of the molecule is O=[N+]([O-])c1cc(Cl)c(N2CCC(n3cncn3)CC2)c(Cl)c1. The van der Waals surface area contributed by atoms with E-state index in [2.05, 4.69) is 15.0 Å². The van der Waals surface area contributed by atoms with E-state index in [4.69, 9.17) is 23.2 Å².